The molecular weight excluding hydrogens is 280 g/mol. The highest BCUT2D eigenvalue weighted by Gasteiger charge is 2.12. The van der Waals surface area contributed by atoms with Crippen molar-refractivity contribution < 1.29 is 14.3 Å². The fourth-order valence-electron chi connectivity index (χ4n) is 2.20. The van der Waals surface area contributed by atoms with Crippen LogP contribution >= 0.6 is 0 Å². The summed E-state index contributed by atoms with van der Waals surface area (Å²) in [5.41, 5.74) is 2.02. The van der Waals surface area contributed by atoms with Crippen LogP contribution in [0.1, 0.15) is 22.9 Å². The molecular formula is C17H24N2O3. The maximum atomic E-state index is 10.0. The minimum absolute atomic E-state index is 0.308. The van der Waals surface area contributed by atoms with Crippen molar-refractivity contribution in [1.29, 1.82) is 0 Å². The van der Waals surface area contributed by atoms with E-state index in [1.165, 1.54) is 0 Å². The molecule has 0 unspecified atom stereocenters. The van der Waals surface area contributed by atoms with Gasteiger partial charge in [-0.15, -0.1) is 0 Å². The van der Waals surface area contributed by atoms with Gasteiger partial charge < -0.3 is 14.3 Å². The topological polar surface area (TPSA) is 58.7 Å². The first-order valence-corrected chi connectivity index (χ1v) is 7.45. The number of aromatic nitrogens is 1. The van der Waals surface area contributed by atoms with Crippen molar-refractivity contribution in [2.45, 2.75) is 33.1 Å². The van der Waals surface area contributed by atoms with Crippen molar-refractivity contribution in [3.63, 3.8) is 0 Å². The lowest BCUT2D eigenvalue weighted by Crippen LogP contribution is -2.32. The molecule has 1 N–H and O–H groups in total. The summed E-state index contributed by atoms with van der Waals surface area (Å²) in [5, 5.41) is 10.0. The SMILES string of the molecule is Cc1nc(CN(C)C[C@@H](O)COCc2ccccc2)oc1C. The Morgan fingerprint density at radius 1 is 1.27 bits per heavy atom. The van der Waals surface area contributed by atoms with Gasteiger partial charge in [0.1, 0.15) is 5.76 Å². The largest absolute Gasteiger partial charge is 0.444 e. The van der Waals surface area contributed by atoms with Crippen LogP contribution in [0, 0.1) is 13.8 Å². The van der Waals surface area contributed by atoms with E-state index in [9.17, 15) is 5.11 Å². The highest BCUT2D eigenvalue weighted by Crippen LogP contribution is 2.10. The summed E-state index contributed by atoms with van der Waals surface area (Å²) >= 11 is 0. The number of hydrogen-bond donors (Lipinski definition) is 1. The summed E-state index contributed by atoms with van der Waals surface area (Å²) < 4.78 is 11.1. The van der Waals surface area contributed by atoms with E-state index >= 15 is 0 Å². The van der Waals surface area contributed by atoms with Gasteiger partial charge in [0.05, 0.1) is 31.6 Å². The molecule has 0 saturated carbocycles. The average molecular weight is 304 g/mol. The molecule has 0 radical (unpaired) electrons. The second kappa shape index (κ2) is 8.08. The quantitative estimate of drug-likeness (QED) is 0.811. The van der Waals surface area contributed by atoms with Gasteiger partial charge in [-0.25, -0.2) is 4.98 Å². The number of hydrogen-bond acceptors (Lipinski definition) is 5. The molecule has 0 saturated heterocycles. The Morgan fingerprint density at radius 3 is 2.64 bits per heavy atom. The smallest absolute Gasteiger partial charge is 0.208 e. The molecule has 5 heteroatoms. The van der Waals surface area contributed by atoms with E-state index in [0.29, 0.717) is 32.2 Å². The predicted molar refractivity (Wildman–Crippen MR) is 84.4 cm³/mol. The van der Waals surface area contributed by atoms with E-state index in [1.807, 2.05) is 56.1 Å². The molecule has 0 aliphatic rings. The van der Waals surface area contributed by atoms with E-state index < -0.39 is 6.10 Å². The maximum absolute atomic E-state index is 10.0. The Balaban J connectivity index is 1.68. The van der Waals surface area contributed by atoms with Crippen LogP contribution in [0.2, 0.25) is 0 Å². The number of oxazole rings is 1. The third-order valence-electron chi connectivity index (χ3n) is 3.42. The van der Waals surface area contributed by atoms with Gasteiger partial charge in [0, 0.05) is 6.54 Å². The van der Waals surface area contributed by atoms with Gasteiger partial charge in [-0.05, 0) is 26.5 Å². The number of aliphatic hydroxyl groups is 1. The Kier molecular flexibility index (Phi) is 6.12. The Hall–Kier alpha value is -1.69. The zero-order valence-corrected chi connectivity index (χ0v) is 13.5. The molecule has 0 bridgehead atoms. The third-order valence-corrected chi connectivity index (χ3v) is 3.42. The molecule has 120 valence electrons. The Morgan fingerprint density at radius 2 is 2.00 bits per heavy atom. The van der Waals surface area contributed by atoms with Crippen molar-refractivity contribution in [2.24, 2.45) is 0 Å². The summed E-state index contributed by atoms with van der Waals surface area (Å²) in [5.74, 6) is 1.52. The van der Waals surface area contributed by atoms with E-state index in [2.05, 4.69) is 4.98 Å². The number of ether oxygens (including phenoxy) is 1. The standard InChI is InChI=1S/C17H24N2O3/c1-13-14(2)22-17(18-13)10-19(3)9-16(20)12-21-11-15-7-5-4-6-8-15/h4-8,16,20H,9-12H2,1-3H3/t16-/m1/s1. The van der Waals surface area contributed by atoms with Crippen molar-refractivity contribution in [3.8, 4) is 0 Å². The fourth-order valence-corrected chi connectivity index (χ4v) is 2.20. The van der Waals surface area contributed by atoms with Crippen LogP contribution in [0.3, 0.4) is 0 Å². The molecule has 1 aromatic heterocycles. The highest BCUT2D eigenvalue weighted by molar-refractivity contribution is 5.13. The van der Waals surface area contributed by atoms with E-state index in [-0.39, 0.29) is 0 Å². The van der Waals surface area contributed by atoms with Crippen molar-refractivity contribution in [3.05, 3.63) is 53.2 Å². The number of likely N-dealkylation sites (N-methyl/N-ethyl adjacent to an activating group) is 1. The van der Waals surface area contributed by atoms with Crippen molar-refractivity contribution >= 4 is 0 Å². The van der Waals surface area contributed by atoms with Crippen LogP contribution in [0.15, 0.2) is 34.7 Å². The number of aliphatic hydroxyl groups excluding tert-OH is 1. The van der Waals surface area contributed by atoms with Gasteiger partial charge in [0.15, 0.2) is 0 Å². The lowest BCUT2D eigenvalue weighted by molar-refractivity contribution is 0.0117. The first kappa shape index (κ1) is 16.7. The van der Waals surface area contributed by atoms with Gasteiger partial charge in [-0.2, -0.15) is 0 Å². The minimum Gasteiger partial charge on any atom is -0.444 e. The van der Waals surface area contributed by atoms with Crippen LogP contribution in [-0.4, -0.2) is 41.3 Å². The number of rotatable bonds is 8. The third kappa shape index (κ3) is 5.26. The molecule has 22 heavy (non-hydrogen) atoms. The molecule has 2 aromatic rings. The number of nitrogens with zero attached hydrogens (tertiary/aromatic N) is 2. The monoisotopic (exact) mass is 304 g/mol. The summed E-state index contributed by atoms with van der Waals surface area (Å²) in [6.45, 7) is 5.73. The normalized spacial score (nSPS) is 12.8. The lowest BCUT2D eigenvalue weighted by atomic mass is 10.2. The molecule has 1 aromatic carbocycles. The van der Waals surface area contributed by atoms with Gasteiger partial charge >= 0.3 is 0 Å². The minimum atomic E-state index is -0.536. The van der Waals surface area contributed by atoms with Gasteiger partial charge in [-0.3, -0.25) is 4.90 Å². The van der Waals surface area contributed by atoms with E-state index in [1.54, 1.807) is 0 Å². The highest BCUT2D eigenvalue weighted by atomic mass is 16.5. The van der Waals surface area contributed by atoms with E-state index in [4.69, 9.17) is 9.15 Å². The van der Waals surface area contributed by atoms with Crippen LogP contribution in [0.4, 0.5) is 0 Å². The zero-order valence-electron chi connectivity index (χ0n) is 13.5. The van der Waals surface area contributed by atoms with Gasteiger partial charge in [0.2, 0.25) is 5.89 Å². The zero-order chi connectivity index (χ0) is 15.9. The summed E-state index contributed by atoms with van der Waals surface area (Å²) in [6, 6.07) is 9.93. The summed E-state index contributed by atoms with van der Waals surface area (Å²) in [7, 11) is 1.93. The van der Waals surface area contributed by atoms with Crippen LogP contribution in [0.25, 0.3) is 0 Å². The van der Waals surface area contributed by atoms with Crippen LogP contribution < -0.4 is 0 Å². The summed E-state index contributed by atoms with van der Waals surface area (Å²) in [6.07, 6.45) is -0.536. The molecule has 1 heterocycles. The molecule has 0 aliphatic carbocycles. The van der Waals surface area contributed by atoms with Crippen molar-refractivity contribution in [1.82, 2.24) is 9.88 Å². The maximum Gasteiger partial charge on any atom is 0.208 e. The predicted octanol–water partition coefficient (Wildman–Crippen LogP) is 2.30. The first-order valence-electron chi connectivity index (χ1n) is 7.45. The average Bonchev–Trinajstić information content (AvgIpc) is 2.78. The molecule has 2 rings (SSSR count). The number of aryl methyl sites for hydroxylation is 2. The second-order valence-corrected chi connectivity index (χ2v) is 5.60. The van der Waals surface area contributed by atoms with Crippen molar-refractivity contribution in [2.75, 3.05) is 20.2 Å². The van der Waals surface area contributed by atoms with Gasteiger partial charge in [-0.1, -0.05) is 30.3 Å². The van der Waals surface area contributed by atoms with Gasteiger partial charge in [0.25, 0.3) is 0 Å². The second-order valence-electron chi connectivity index (χ2n) is 5.60. The van der Waals surface area contributed by atoms with E-state index in [0.717, 1.165) is 17.0 Å². The number of benzene rings is 1. The molecule has 0 fully saturated rings. The molecule has 0 aliphatic heterocycles. The van der Waals surface area contributed by atoms with Crippen LogP contribution in [-0.2, 0) is 17.9 Å². The fraction of sp³-hybridized carbons (Fsp3) is 0.471. The molecule has 5 nitrogen and oxygen atoms in total. The summed E-state index contributed by atoms with van der Waals surface area (Å²) in [4.78, 5) is 6.31. The lowest BCUT2D eigenvalue weighted by Gasteiger charge is -2.19. The Labute approximate surface area is 131 Å². The Bertz CT molecular complexity index is 549. The molecule has 0 amide bonds. The molecule has 1 atom stereocenters. The van der Waals surface area contributed by atoms with Crippen LogP contribution in [0.5, 0.6) is 0 Å². The first-order chi connectivity index (χ1) is 10.5. The molecule has 0 spiro atoms.